The number of rotatable bonds is 4. The Bertz CT molecular complexity index is 672. The number of carbonyl (C=O) groups excluding carboxylic acids is 2. The van der Waals surface area contributed by atoms with Gasteiger partial charge in [0.25, 0.3) is 11.8 Å². The summed E-state index contributed by atoms with van der Waals surface area (Å²) in [4.78, 5) is 27.7. The maximum Gasteiger partial charge on any atom is 0.261 e. The minimum atomic E-state index is -0.716. The fourth-order valence-corrected chi connectivity index (χ4v) is 2.98. The van der Waals surface area contributed by atoms with Crippen LogP contribution < -0.4 is 0 Å². The smallest absolute Gasteiger partial charge is 0.261 e. The van der Waals surface area contributed by atoms with Gasteiger partial charge >= 0.3 is 0 Å². The van der Waals surface area contributed by atoms with Crippen molar-refractivity contribution in [2.45, 2.75) is 19.3 Å². The fraction of sp³-hybridized carbons (Fsp3) is 0.294. The Balaban J connectivity index is 2.35. The Hall–Kier alpha value is -2.15. The summed E-state index contributed by atoms with van der Waals surface area (Å²) < 4.78 is 27.2. The van der Waals surface area contributed by atoms with E-state index in [1.54, 1.807) is 13.8 Å². The molecule has 1 heterocycles. The van der Waals surface area contributed by atoms with Crippen molar-refractivity contribution >= 4 is 30.5 Å². The van der Waals surface area contributed by atoms with E-state index in [-0.39, 0.29) is 11.1 Å². The first-order chi connectivity index (χ1) is 11.4. The van der Waals surface area contributed by atoms with Crippen molar-refractivity contribution in [1.29, 1.82) is 0 Å². The number of thiol groups is 1. The van der Waals surface area contributed by atoms with Gasteiger partial charge in [0.1, 0.15) is 17.2 Å². The summed E-state index contributed by atoms with van der Waals surface area (Å²) in [6.45, 7) is 4.35. The molecule has 7 heteroatoms. The molecule has 1 aromatic carbocycles. The van der Waals surface area contributed by atoms with Crippen molar-refractivity contribution in [1.82, 2.24) is 9.80 Å². The van der Waals surface area contributed by atoms with Crippen LogP contribution >= 0.6 is 12.6 Å². The largest absolute Gasteiger partial charge is 0.309 e. The Morgan fingerprint density at radius 1 is 1.08 bits per heavy atom. The molecule has 0 unspecified atom stereocenters. The second kappa shape index (κ2) is 7.61. The van der Waals surface area contributed by atoms with Gasteiger partial charge in [-0.05, 0) is 38.1 Å². The highest BCUT2D eigenvalue weighted by Gasteiger charge is 2.38. The normalized spacial score (nSPS) is 18.7. The van der Waals surface area contributed by atoms with Gasteiger partial charge in [0, 0.05) is 18.7 Å². The zero-order chi connectivity index (χ0) is 17.9. The van der Waals surface area contributed by atoms with Gasteiger partial charge in [-0.15, -0.1) is 12.6 Å². The van der Waals surface area contributed by atoms with Crippen LogP contribution in [-0.2, 0) is 9.59 Å². The van der Waals surface area contributed by atoms with Crippen molar-refractivity contribution in [3.8, 4) is 0 Å². The van der Waals surface area contributed by atoms with E-state index in [1.165, 1.54) is 34.1 Å². The Morgan fingerprint density at radius 3 is 2.04 bits per heavy atom. The fourth-order valence-electron chi connectivity index (χ4n) is 2.45. The number of hydrogen-bond donors (Lipinski definition) is 1. The topological polar surface area (TPSA) is 40.6 Å². The second-order valence-electron chi connectivity index (χ2n) is 5.10. The van der Waals surface area contributed by atoms with Gasteiger partial charge < -0.3 is 9.80 Å². The zero-order valence-corrected chi connectivity index (χ0v) is 14.3. The third-order valence-electron chi connectivity index (χ3n) is 3.75. The Kier molecular flexibility index (Phi) is 5.77. The molecular formula is C17H18F2N2O2S. The quantitative estimate of drug-likeness (QED) is 0.514. The van der Waals surface area contributed by atoms with Crippen molar-refractivity contribution < 1.29 is 18.4 Å². The molecule has 0 N–H and O–H groups in total. The third kappa shape index (κ3) is 3.36. The molecule has 4 nitrogen and oxygen atoms in total. The summed E-state index contributed by atoms with van der Waals surface area (Å²) in [5.74, 6) is -2.34. The van der Waals surface area contributed by atoms with Gasteiger partial charge in [-0.2, -0.15) is 0 Å². The summed E-state index contributed by atoms with van der Waals surface area (Å²) in [6.07, 6.45) is 3.77. The number of benzene rings is 1. The molecule has 1 aromatic rings. The number of amides is 2. The van der Waals surface area contributed by atoms with E-state index in [4.69, 9.17) is 0 Å². The molecule has 0 spiro atoms. The molecule has 0 aromatic heterocycles. The van der Waals surface area contributed by atoms with Gasteiger partial charge in [0.2, 0.25) is 0 Å². The van der Waals surface area contributed by atoms with Crippen LogP contribution in [0.1, 0.15) is 19.4 Å². The van der Waals surface area contributed by atoms with Crippen molar-refractivity contribution in [3.05, 3.63) is 53.1 Å². The van der Waals surface area contributed by atoms with E-state index < -0.39 is 28.9 Å². The number of nitrogens with zero attached hydrogens (tertiary/aromatic N) is 2. The lowest BCUT2D eigenvalue weighted by Crippen LogP contribution is -2.57. The van der Waals surface area contributed by atoms with Gasteiger partial charge in [0.15, 0.2) is 5.50 Å². The van der Waals surface area contributed by atoms with Gasteiger partial charge in [0.05, 0.1) is 0 Å². The second-order valence-corrected chi connectivity index (χ2v) is 5.57. The number of hydrogen-bond acceptors (Lipinski definition) is 3. The maximum absolute atomic E-state index is 13.6. The third-order valence-corrected chi connectivity index (χ3v) is 4.30. The van der Waals surface area contributed by atoms with E-state index in [2.05, 4.69) is 12.6 Å². The van der Waals surface area contributed by atoms with Crippen molar-refractivity contribution in [2.24, 2.45) is 0 Å². The lowest BCUT2D eigenvalue weighted by atomic mass is 10.1. The SMILES string of the molecule is CCN1C(=O)C(=C/C=C/c2c(F)cccc2F)C(=O)N(CC)C1S. The molecule has 128 valence electrons. The summed E-state index contributed by atoms with van der Waals surface area (Å²) in [5.41, 5.74) is -0.904. The summed E-state index contributed by atoms with van der Waals surface area (Å²) in [6, 6.07) is 3.53. The molecule has 1 aliphatic heterocycles. The van der Waals surface area contributed by atoms with E-state index in [0.717, 1.165) is 12.1 Å². The number of halogens is 2. The van der Waals surface area contributed by atoms with E-state index in [1.807, 2.05) is 0 Å². The van der Waals surface area contributed by atoms with Crippen molar-refractivity contribution in [3.63, 3.8) is 0 Å². The van der Waals surface area contributed by atoms with Gasteiger partial charge in [-0.25, -0.2) is 8.78 Å². The average molecular weight is 352 g/mol. The van der Waals surface area contributed by atoms with Crippen LogP contribution in [0, 0.1) is 11.6 Å². The molecule has 0 aliphatic carbocycles. The van der Waals surface area contributed by atoms with Crippen LogP contribution in [0.3, 0.4) is 0 Å². The highest BCUT2D eigenvalue weighted by atomic mass is 32.1. The predicted octanol–water partition coefficient (Wildman–Crippen LogP) is 2.83. The summed E-state index contributed by atoms with van der Waals surface area (Å²) in [7, 11) is 0. The minimum absolute atomic E-state index is 0.0583. The molecule has 0 radical (unpaired) electrons. The molecule has 0 atom stereocenters. The average Bonchev–Trinajstić information content (AvgIpc) is 2.54. The number of carbonyl (C=O) groups is 2. The molecule has 24 heavy (non-hydrogen) atoms. The van der Waals surface area contributed by atoms with Gasteiger partial charge in [-0.1, -0.05) is 12.1 Å². The zero-order valence-electron chi connectivity index (χ0n) is 13.4. The molecular weight excluding hydrogens is 334 g/mol. The van der Waals surface area contributed by atoms with Gasteiger partial charge in [-0.3, -0.25) is 9.59 Å². The lowest BCUT2D eigenvalue weighted by Gasteiger charge is -2.40. The van der Waals surface area contributed by atoms with Crippen molar-refractivity contribution in [2.75, 3.05) is 13.1 Å². The minimum Gasteiger partial charge on any atom is -0.309 e. The van der Waals surface area contributed by atoms with E-state index in [0.29, 0.717) is 13.1 Å². The van der Waals surface area contributed by atoms with E-state index >= 15 is 0 Å². The monoisotopic (exact) mass is 352 g/mol. The Morgan fingerprint density at radius 2 is 1.58 bits per heavy atom. The molecule has 2 amide bonds. The molecule has 1 saturated heterocycles. The molecule has 1 aliphatic rings. The molecule has 0 bridgehead atoms. The predicted molar refractivity (Wildman–Crippen MR) is 91.0 cm³/mol. The highest BCUT2D eigenvalue weighted by Crippen LogP contribution is 2.23. The lowest BCUT2D eigenvalue weighted by molar-refractivity contribution is -0.145. The van der Waals surface area contributed by atoms with Crippen LogP contribution in [0.2, 0.25) is 0 Å². The first-order valence-corrected chi connectivity index (χ1v) is 8.06. The number of allylic oxidation sites excluding steroid dienone is 2. The first-order valence-electron chi connectivity index (χ1n) is 7.54. The molecule has 2 rings (SSSR count). The van der Waals surface area contributed by atoms with Crippen LogP contribution in [-0.4, -0.2) is 40.2 Å². The van der Waals surface area contributed by atoms with Crippen LogP contribution in [0.25, 0.3) is 6.08 Å². The molecule has 0 saturated carbocycles. The standard InChI is InChI=1S/C17H18F2N2O2S/c1-3-20-15(22)12(16(23)21(4-2)17(20)24)8-5-7-11-13(18)9-6-10-14(11)19/h5-10,17,24H,3-4H2,1-2H3/b7-5+,12-8?. The Labute approximate surface area is 144 Å². The molecule has 1 fully saturated rings. The first kappa shape index (κ1) is 18.2. The maximum atomic E-state index is 13.6. The van der Waals surface area contributed by atoms with E-state index in [9.17, 15) is 18.4 Å². The number of likely N-dealkylation sites (N-methyl/N-ethyl adjacent to an activating group) is 2. The highest BCUT2D eigenvalue weighted by molar-refractivity contribution is 7.80. The summed E-state index contributed by atoms with van der Waals surface area (Å²) in [5, 5.41) is 0. The van der Waals surface area contributed by atoms with Crippen LogP contribution in [0.15, 0.2) is 35.9 Å². The van der Waals surface area contributed by atoms with Crippen LogP contribution in [0.4, 0.5) is 8.78 Å². The summed E-state index contributed by atoms with van der Waals surface area (Å²) >= 11 is 4.31. The van der Waals surface area contributed by atoms with Crippen LogP contribution in [0.5, 0.6) is 0 Å².